The molecule has 0 saturated carbocycles. The van der Waals surface area contributed by atoms with Crippen molar-refractivity contribution in [2.24, 2.45) is 5.16 Å². The zero-order valence-corrected chi connectivity index (χ0v) is 18.0. The number of thioether (sulfide) groups is 1. The molecule has 2 aliphatic heterocycles. The van der Waals surface area contributed by atoms with Crippen molar-refractivity contribution in [1.82, 2.24) is 15.2 Å². The predicted octanol–water partition coefficient (Wildman–Crippen LogP) is -2.32. The fraction of sp³-hybridized carbons (Fsp3) is 0.353. The van der Waals surface area contributed by atoms with Gasteiger partial charge in [0.15, 0.2) is 10.8 Å². The summed E-state index contributed by atoms with van der Waals surface area (Å²) in [6.45, 7) is -0.345. The van der Waals surface area contributed by atoms with E-state index in [9.17, 15) is 29.1 Å². The third kappa shape index (κ3) is 3.03. The molecule has 168 valence electrons. The van der Waals surface area contributed by atoms with E-state index in [-0.39, 0.29) is 34.4 Å². The number of hydrogen-bond acceptors (Lipinski definition) is 12. The summed E-state index contributed by atoms with van der Waals surface area (Å²) >= 11 is 2.16. The lowest BCUT2D eigenvalue weighted by Crippen LogP contribution is -2.75. The van der Waals surface area contributed by atoms with Gasteiger partial charge in [0.05, 0.1) is 11.3 Å². The summed E-state index contributed by atoms with van der Waals surface area (Å²) in [5.74, 6) is -2.75. The van der Waals surface area contributed by atoms with Gasteiger partial charge in [-0.3, -0.25) is 24.0 Å². The lowest BCUT2D eigenvalue weighted by Gasteiger charge is -2.53. The molecule has 3 atom stereocenters. The molecule has 13 nitrogen and oxygen atoms in total. The van der Waals surface area contributed by atoms with Gasteiger partial charge in [-0.2, -0.15) is 0 Å². The third-order valence-corrected chi connectivity index (χ3v) is 7.57. The molecular weight excluding hydrogens is 464 g/mol. The van der Waals surface area contributed by atoms with Crippen LogP contribution in [-0.4, -0.2) is 69.3 Å². The standard InChI is InChI=1S/C17H16N6O7S2/c1-30-22-8(5-2-31-16(19)20-5)12(26)21-9-13(27)23-3-17(15(28)29,4-32-14(9)23)6-7(18)11(25)10(6)24/h2,9,14H,3-4,18H2,1H3,(H2,19,20)(H,21,26)(H,28,29)/t9?,14-,17?/m1/s1. The van der Waals surface area contributed by atoms with Gasteiger partial charge in [-0.25, -0.2) is 4.98 Å². The van der Waals surface area contributed by atoms with Gasteiger partial charge in [-0.1, -0.05) is 5.16 Å². The summed E-state index contributed by atoms with van der Waals surface area (Å²) in [6, 6.07) is -0.956. The molecule has 1 aromatic carbocycles. The molecule has 2 aliphatic rings. The number of amides is 2. The van der Waals surface area contributed by atoms with Crippen LogP contribution in [0.5, 0.6) is 0 Å². The molecule has 15 heteroatoms. The molecule has 0 radical (unpaired) electrons. The van der Waals surface area contributed by atoms with Crippen LogP contribution in [0.15, 0.2) is 20.1 Å². The minimum atomic E-state index is -1.79. The van der Waals surface area contributed by atoms with Crippen LogP contribution in [0.25, 0.3) is 0 Å². The number of nitrogens with two attached hydrogens (primary N) is 2. The van der Waals surface area contributed by atoms with Crippen molar-refractivity contribution in [3.8, 4) is 0 Å². The zero-order chi connectivity index (χ0) is 23.4. The number of aromatic nitrogens is 1. The Labute approximate surface area is 187 Å². The SMILES string of the molecule is CON=C(C(=O)NC1C(=O)N2CC(C(=O)O)(c3c(N)c(=O)c3=O)CS[C@H]12)c1csc(N)n1. The van der Waals surface area contributed by atoms with E-state index in [1.165, 1.54) is 17.4 Å². The Bertz CT molecular complexity index is 1250. The minimum absolute atomic E-state index is 0.111. The number of carboxylic acid groups (broad SMARTS) is 1. The molecule has 0 spiro atoms. The first-order valence-electron chi connectivity index (χ1n) is 9.00. The van der Waals surface area contributed by atoms with Crippen molar-refractivity contribution in [1.29, 1.82) is 0 Å². The van der Waals surface area contributed by atoms with Crippen LogP contribution in [0, 0.1) is 0 Å². The second-order valence-electron chi connectivity index (χ2n) is 7.15. The van der Waals surface area contributed by atoms with Crippen molar-refractivity contribution < 1.29 is 24.3 Å². The molecular formula is C17H16N6O7S2. The molecule has 4 rings (SSSR count). The van der Waals surface area contributed by atoms with Crippen LogP contribution < -0.4 is 27.6 Å². The molecule has 3 heterocycles. The second kappa shape index (κ2) is 7.59. The van der Waals surface area contributed by atoms with Gasteiger partial charge in [-0.15, -0.1) is 23.1 Å². The number of aliphatic carboxylic acids is 1. The van der Waals surface area contributed by atoms with E-state index >= 15 is 0 Å². The van der Waals surface area contributed by atoms with Crippen molar-refractivity contribution in [3.63, 3.8) is 0 Å². The number of nitrogens with zero attached hydrogens (tertiary/aromatic N) is 3. The maximum Gasteiger partial charge on any atom is 0.317 e. The summed E-state index contributed by atoms with van der Waals surface area (Å²) in [4.78, 5) is 70.9. The molecule has 2 aromatic rings. The Hall–Kier alpha value is -3.46. The number of carbonyl (C=O) groups is 3. The number of anilines is 2. The number of fused-ring (bicyclic) bond motifs is 1. The number of hydrogen-bond donors (Lipinski definition) is 4. The lowest BCUT2D eigenvalue weighted by molar-refractivity contribution is -0.154. The van der Waals surface area contributed by atoms with Gasteiger partial charge in [-0.05, 0) is 0 Å². The van der Waals surface area contributed by atoms with Crippen molar-refractivity contribution >= 4 is 57.4 Å². The number of β-lactam (4-membered cyclic amide) rings is 1. The van der Waals surface area contributed by atoms with E-state index < -0.39 is 51.2 Å². The second-order valence-corrected chi connectivity index (χ2v) is 9.14. The maximum atomic E-state index is 12.7. The van der Waals surface area contributed by atoms with Gasteiger partial charge in [0, 0.05) is 17.7 Å². The highest BCUT2D eigenvalue weighted by atomic mass is 32.2. The maximum absolute atomic E-state index is 12.7. The number of carbonyl (C=O) groups excluding carboxylic acids is 2. The van der Waals surface area contributed by atoms with E-state index in [1.807, 2.05) is 0 Å². The quantitative estimate of drug-likeness (QED) is 0.149. The molecule has 0 aliphatic carbocycles. The van der Waals surface area contributed by atoms with Gasteiger partial charge >= 0.3 is 5.97 Å². The number of carboxylic acids is 1. The van der Waals surface area contributed by atoms with Crippen LogP contribution in [-0.2, 0) is 24.6 Å². The van der Waals surface area contributed by atoms with Gasteiger partial charge < -0.3 is 31.6 Å². The van der Waals surface area contributed by atoms with Crippen LogP contribution in [0.2, 0.25) is 0 Å². The summed E-state index contributed by atoms with van der Waals surface area (Å²) in [5, 5.41) is 17.2. The van der Waals surface area contributed by atoms with E-state index in [4.69, 9.17) is 16.3 Å². The third-order valence-electron chi connectivity index (χ3n) is 5.37. The zero-order valence-electron chi connectivity index (χ0n) is 16.4. The molecule has 2 amide bonds. The lowest BCUT2D eigenvalue weighted by atomic mass is 9.77. The summed E-state index contributed by atoms with van der Waals surface area (Å²) < 4.78 is 0. The number of nitrogens with one attached hydrogen (secondary N) is 1. The van der Waals surface area contributed by atoms with Crippen LogP contribution in [0.1, 0.15) is 11.3 Å². The molecule has 32 heavy (non-hydrogen) atoms. The normalized spacial score (nSPS) is 25.2. The van der Waals surface area contributed by atoms with Gasteiger partial charge in [0.25, 0.3) is 5.91 Å². The Kier molecular flexibility index (Phi) is 5.16. The first kappa shape index (κ1) is 21.8. The molecule has 2 fully saturated rings. The van der Waals surface area contributed by atoms with E-state index in [2.05, 4.69) is 15.5 Å². The summed E-state index contributed by atoms with van der Waals surface area (Å²) in [7, 11) is 1.24. The smallest absolute Gasteiger partial charge is 0.317 e. The largest absolute Gasteiger partial charge is 0.480 e. The number of thiazole rings is 1. The van der Waals surface area contributed by atoms with Gasteiger partial charge in [0.2, 0.25) is 16.8 Å². The van der Waals surface area contributed by atoms with E-state index in [0.29, 0.717) is 0 Å². The molecule has 2 unspecified atom stereocenters. The highest BCUT2D eigenvalue weighted by Crippen LogP contribution is 2.44. The van der Waals surface area contributed by atoms with Crippen molar-refractivity contribution in [3.05, 3.63) is 37.1 Å². The Balaban J connectivity index is 1.53. The monoisotopic (exact) mass is 480 g/mol. The van der Waals surface area contributed by atoms with Crippen molar-refractivity contribution in [2.75, 3.05) is 30.9 Å². The average Bonchev–Trinajstić information content (AvgIpc) is 3.20. The fourth-order valence-corrected chi connectivity index (χ4v) is 5.85. The minimum Gasteiger partial charge on any atom is -0.480 e. The Morgan fingerprint density at radius 3 is 2.62 bits per heavy atom. The Morgan fingerprint density at radius 1 is 1.34 bits per heavy atom. The molecule has 2 saturated heterocycles. The topological polar surface area (TPSA) is 207 Å². The predicted molar refractivity (Wildman–Crippen MR) is 115 cm³/mol. The molecule has 6 N–H and O–H groups in total. The molecule has 1 aromatic heterocycles. The van der Waals surface area contributed by atoms with Crippen molar-refractivity contribution in [2.45, 2.75) is 16.8 Å². The first-order chi connectivity index (χ1) is 15.1. The highest BCUT2D eigenvalue weighted by molar-refractivity contribution is 8.00. The molecule has 0 bridgehead atoms. The average molecular weight is 480 g/mol. The highest BCUT2D eigenvalue weighted by Gasteiger charge is 2.60. The summed E-state index contributed by atoms with van der Waals surface area (Å²) in [6.07, 6.45) is 0. The number of rotatable bonds is 6. The first-order valence-corrected chi connectivity index (χ1v) is 10.9. The fourth-order valence-electron chi connectivity index (χ4n) is 3.75. The number of nitrogen functional groups attached to an aromatic ring is 2. The van der Waals surface area contributed by atoms with E-state index in [0.717, 1.165) is 23.1 Å². The number of oxime groups is 1. The Morgan fingerprint density at radius 2 is 2.06 bits per heavy atom. The van der Waals surface area contributed by atoms with Gasteiger partial charge in [0.1, 0.15) is 29.6 Å². The van der Waals surface area contributed by atoms with Crippen LogP contribution in [0.4, 0.5) is 10.8 Å². The van der Waals surface area contributed by atoms with Crippen LogP contribution >= 0.6 is 23.1 Å². The summed E-state index contributed by atoms with van der Waals surface area (Å²) in [5.41, 5.74) is 6.83. The van der Waals surface area contributed by atoms with E-state index in [1.54, 1.807) is 0 Å². The van der Waals surface area contributed by atoms with Crippen LogP contribution in [0.3, 0.4) is 0 Å².